The number of imidazole rings is 1. The SMILES string of the molecule is [2H]C([2H])([2H])n1c(=O)n([C@@H]2CC[C@@]([2H])(NC(=O)OC)C2)c2cc(Nc3ccc4c(C)nn([C@@]5(C(N)=O)C[C@@H]5C#C)c4n3)ncc21. The third-order valence-corrected chi connectivity index (χ3v) is 7.76. The van der Waals surface area contributed by atoms with Crippen LogP contribution in [0.2, 0.25) is 0 Å². The molecule has 0 saturated heterocycles. The van der Waals surface area contributed by atoms with E-state index in [2.05, 4.69) is 36.4 Å². The number of nitrogens with two attached hydrogens (primary N) is 1. The summed E-state index contributed by atoms with van der Waals surface area (Å²) in [5, 5.41) is 10.8. The highest BCUT2D eigenvalue weighted by Gasteiger charge is 2.62. The number of fused-ring (bicyclic) bond motifs is 2. The first-order chi connectivity index (χ1) is 20.7. The van der Waals surface area contributed by atoms with Gasteiger partial charge in [-0.15, -0.1) is 12.3 Å². The molecular weight excluding hydrogens is 514 g/mol. The second-order valence-corrected chi connectivity index (χ2v) is 10.1. The first-order valence-corrected chi connectivity index (χ1v) is 12.6. The molecule has 4 aromatic heterocycles. The predicted octanol–water partition coefficient (Wildman–Crippen LogP) is 1.82. The number of alkyl carbamates (subject to hydrolysis) is 1. The van der Waals surface area contributed by atoms with Crippen LogP contribution in [0.4, 0.5) is 16.4 Å². The van der Waals surface area contributed by atoms with Gasteiger partial charge < -0.3 is 21.1 Å². The summed E-state index contributed by atoms with van der Waals surface area (Å²) in [4.78, 5) is 46.8. The van der Waals surface area contributed by atoms with E-state index in [1.165, 1.54) is 28.6 Å². The number of nitrogens with one attached hydrogen (secondary N) is 2. The molecule has 0 spiro atoms. The van der Waals surface area contributed by atoms with E-state index in [0.29, 0.717) is 40.0 Å². The van der Waals surface area contributed by atoms with Crippen LogP contribution in [-0.2, 0) is 22.0 Å². The Balaban J connectivity index is 1.40. The van der Waals surface area contributed by atoms with E-state index in [-0.39, 0.29) is 29.7 Å². The number of ether oxygens (including phenoxy) is 1. The summed E-state index contributed by atoms with van der Waals surface area (Å²) in [6, 6.07) is 3.03. The minimum atomic E-state index is -2.80. The number of terminal acetylenes is 1. The van der Waals surface area contributed by atoms with E-state index < -0.39 is 48.2 Å². The van der Waals surface area contributed by atoms with E-state index in [9.17, 15) is 14.4 Å². The quantitative estimate of drug-likeness (QED) is 0.308. The zero-order valence-corrected chi connectivity index (χ0v) is 21.8. The minimum absolute atomic E-state index is 0.0506. The number of anilines is 2. The number of nitrogens with zero attached hydrogens (tertiary/aromatic N) is 6. The van der Waals surface area contributed by atoms with Crippen LogP contribution in [0.1, 0.15) is 42.9 Å². The molecule has 0 bridgehead atoms. The smallest absolute Gasteiger partial charge is 0.407 e. The Labute approximate surface area is 234 Å². The van der Waals surface area contributed by atoms with Crippen LogP contribution in [0.15, 0.2) is 29.2 Å². The molecule has 2 aliphatic rings. The van der Waals surface area contributed by atoms with Gasteiger partial charge in [-0.05, 0) is 44.7 Å². The van der Waals surface area contributed by atoms with Crippen LogP contribution in [0.3, 0.4) is 0 Å². The number of carbonyl (C=O) groups excluding carboxylic acids is 2. The number of hydrogen-bond acceptors (Lipinski definition) is 8. The van der Waals surface area contributed by atoms with E-state index in [1.807, 2.05) is 0 Å². The molecule has 0 aromatic carbocycles. The second kappa shape index (κ2) is 9.11. The van der Waals surface area contributed by atoms with Crippen molar-refractivity contribution in [2.24, 2.45) is 18.6 Å². The standard InChI is InChI=1S/C27H29N9O4/c1-5-15-12-27(15,24(28)37)36-23-18(14(2)33-36)8-9-21(32-23)31-22-11-19-20(13-29-22)34(3)26(39)35(19)17-7-6-16(10-17)30-25(38)40-4/h1,8-9,11,13,15-17H,6-7,10,12H2,2-4H3,(H2,28,37)(H,30,38)(H,29,31,32)/t15-,16+,17+,27-/m0/s1/i3D3,16D. The van der Waals surface area contributed by atoms with Crippen LogP contribution in [0.25, 0.3) is 22.1 Å². The zero-order chi connectivity index (χ0) is 31.8. The van der Waals surface area contributed by atoms with Crippen LogP contribution in [0, 0.1) is 25.2 Å². The van der Waals surface area contributed by atoms with Gasteiger partial charge >= 0.3 is 11.8 Å². The number of hydrogen-bond donors (Lipinski definition) is 3. The summed E-state index contributed by atoms with van der Waals surface area (Å²) in [6.07, 6.45) is 7.09. The summed E-state index contributed by atoms with van der Waals surface area (Å²) >= 11 is 0. The molecule has 4 heterocycles. The highest BCUT2D eigenvalue weighted by atomic mass is 16.5. The maximum atomic E-state index is 13.5. The molecule has 0 aliphatic heterocycles. The molecule has 13 heteroatoms. The topological polar surface area (TPSA) is 164 Å². The summed E-state index contributed by atoms with van der Waals surface area (Å²) in [7, 11) is 1.19. The first kappa shape index (κ1) is 21.0. The van der Waals surface area contributed by atoms with Gasteiger partial charge in [-0.2, -0.15) is 5.10 Å². The minimum Gasteiger partial charge on any atom is -0.453 e. The van der Waals surface area contributed by atoms with Crippen molar-refractivity contribution in [1.82, 2.24) is 34.2 Å². The highest BCUT2D eigenvalue weighted by molar-refractivity contribution is 5.90. The zero-order valence-electron chi connectivity index (χ0n) is 25.8. The molecule has 2 amide bonds. The predicted molar refractivity (Wildman–Crippen MR) is 147 cm³/mol. The second-order valence-electron chi connectivity index (χ2n) is 10.1. The van der Waals surface area contributed by atoms with Gasteiger partial charge in [0.25, 0.3) is 0 Å². The number of primary amides is 1. The van der Waals surface area contributed by atoms with Crippen LogP contribution in [0.5, 0.6) is 0 Å². The van der Waals surface area contributed by atoms with Gasteiger partial charge in [-0.1, -0.05) is 0 Å². The lowest BCUT2D eigenvalue weighted by atomic mass is 10.2. The summed E-state index contributed by atoms with van der Waals surface area (Å²) < 4.78 is 40.8. The molecule has 2 saturated carbocycles. The number of aryl methyl sites for hydroxylation is 2. The van der Waals surface area contributed by atoms with E-state index in [0.717, 1.165) is 0 Å². The van der Waals surface area contributed by atoms with Crippen molar-refractivity contribution in [3.63, 3.8) is 0 Å². The molecule has 4 N–H and O–H groups in total. The van der Waals surface area contributed by atoms with Gasteiger partial charge in [0.1, 0.15) is 11.6 Å². The number of carbonyl (C=O) groups is 2. The van der Waals surface area contributed by atoms with Crippen molar-refractivity contribution in [3.8, 4) is 12.3 Å². The van der Waals surface area contributed by atoms with Crippen molar-refractivity contribution in [2.45, 2.75) is 50.2 Å². The Kier molecular flexibility index (Phi) is 4.79. The van der Waals surface area contributed by atoms with Crippen LogP contribution < -0.4 is 22.1 Å². The highest BCUT2D eigenvalue weighted by Crippen LogP contribution is 2.50. The molecule has 6 rings (SSSR count). The van der Waals surface area contributed by atoms with E-state index >= 15 is 0 Å². The lowest BCUT2D eigenvalue weighted by Gasteiger charge is -2.15. The Hall–Kier alpha value is -4.86. The van der Waals surface area contributed by atoms with Crippen LogP contribution in [-0.4, -0.2) is 54.0 Å². The summed E-state index contributed by atoms with van der Waals surface area (Å²) in [5.74, 6) is 2.17. The summed E-state index contributed by atoms with van der Waals surface area (Å²) in [5.41, 5.74) is 5.19. The number of aromatic nitrogens is 6. The fraction of sp³-hybridized carbons (Fsp3) is 0.407. The lowest BCUT2D eigenvalue weighted by molar-refractivity contribution is -0.122. The Morgan fingerprint density at radius 2 is 2.15 bits per heavy atom. The molecule has 2 aliphatic carbocycles. The van der Waals surface area contributed by atoms with Crippen molar-refractivity contribution in [3.05, 3.63) is 40.6 Å². The molecular formula is C27H29N9O4. The molecule has 13 nitrogen and oxygen atoms in total. The first-order valence-electron chi connectivity index (χ1n) is 14.6. The van der Waals surface area contributed by atoms with Crippen molar-refractivity contribution in [2.75, 3.05) is 12.4 Å². The Morgan fingerprint density at radius 3 is 2.85 bits per heavy atom. The largest absolute Gasteiger partial charge is 0.453 e. The number of methoxy groups -OCH3 is 1. The maximum Gasteiger partial charge on any atom is 0.407 e. The van der Waals surface area contributed by atoms with Gasteiger partial charge in [-0.3, -0.25) is 13.9 Å². The van der Waals surface area contributed by atoms with Gasteiger partial charge in [0.15, 0.2) is 11.2 Å². The molecule has 0 unspecified atom stereocenters. The molecule has 40 heavy (non-hydrogen) atoms. The average molecular weight is 548 g/mol. The monoisotopic (exact) mass is 547 g/mol. The number of pyridine rings is 2. The van der Waals surface area contributed by atoms with Crippen molar-refractivity contribution in [1.29, 1.82) is 0 Å². The van der Waals surface area contributed by atoms with Crippen LogP contribution >= 0.6 is 0 Å². The van der Waals surface area contributed by atoms with Gasteiger partial charge in [0.2, 0.25) is 5.91 Å². The number of rotatable bonds is 6. The van der Waals surface area contributed by atoms with Crippen molar-refractivity contribution < 1.29 is 19.8 Å². The molecule has 0 radical (unpaired) electrons. The normalized spacial score (nSPS) is 27.3. The molecule has 206 valence electrons. The van der Waals surface area contributed by atoms with E-state index in [4.69, 9.17) is 17.6 Å². The maximum absolute atomic E-state index is 13.5. The lowest BCUT2D eigenvalue weighted by Crippen LogP contribution is -2.37. The third-order valence-electron chi connectivity index (χ3n) is 7.76. The van der Waals surface area contributed by atoms with Gasteiger partial charge in [-0.25, -0.2) is 24.2 Å². The van der Waals surface area contributed by atoms with E-state index in [1.54, 1.807) is 19.1 Å². The third kappa shape index (κ3) is 3.78. The fourth-order valence-electron chi connectivity index (χ4n) is 5.58. The number of amides is 2. The fourth-order valence-corrected chi connectivity index (χ4v) is 5.58. The molecule has 4 atom stereocenters. The van der Waals surface area contributed by atoms with Gasteiger partial charge in [0.05, 0.1) is 37.3 Å². The average Bonchev–Trinajstić information content (AvgIpc) is 3.30. The molecule has 4 aromatic rings. The summed E-state index contributed by atoms with van der Waals surface area (Å²) in [6.45, 7) is -1.01. The van der Waals surface area contributed by atoms with Crippen molar-refractivity contribution >= 4 is 45.7 Å². The molecule has 2 fully saturated rings. The van der Waals surface area contributed by atoms with Gasteiger partial charge in [0, 0.05) is 34.6 Å². The Morgan fingerprint density at radius 1 is 1.32 bits per heavy atom. The Bertz CT molecular complexity index is 1960.